The Labute approximate surface area is 115 Å². The number of aryl methyl sites for hydroxylation is 3. The molecule has 0 bridgehead atoms. The molecule has 5 heteroatoms. The van der Waals surface area contributed by atoms with Crippen LogP contribution >= 0.6 is 0 Å². The van der Waals surface area contributed by atoms with E-state index in [4.69, 9.17) is 5.73 Å². The molecule has 19 heavy (non-hydrogen) atoms. The average molecular weight is 266 g/mol. The van der Waals surface area contributed by atoms with Crippen LogP contribution in [0.15, 0.2) is 6.07 Å². The molecule has 1 heterocycles. The first-order chi connectivity index (χ1) is 8.89. The Bertz CT molecular complexity index is 427. The number of primary amides is 1. The molecule has 0 aliphatic rings. The highest BCUT2D eigenvalue weighted by Crippen LogP contribution is 2.14. The number of carbonyl (C=O) groups is 1. The highest BCUT2D eigenvalue weighted by atomic mass is 16.1. The van der Waals surface area contributed by atoms with Gasteiger partial charge in [0.15, 0.2) is 0 Å². The molecule has 0 radical (unpaired) electrons. The molecule has 1 atom stereocenters. The minimum atomic E-state index is -0.593. The third kappa shape index (κ3) is 4.35. The summed E-state index contributed by atoms with van der Waals surface area (Å²) in [6, 6.07) is 2.08. The van der Waals surface area contributed by atoms with Crippen LogP contribution in [0.3, 0.4) is 0 Å². The quantitative estimate of drug-likeness (QED) is 0.701. The molecule has 0 aliphatic carbocycles. The molecular weight excluding hydrogens is 240 g/mol. The summed E-state index contributed by atoms with van der Waals surface area (Å²) in [5.41, 5.74) is 7.10. The maximum atomic E-state index is 11.5. The largest absolute Gasteiger partial charge is 0.368 e. The topological polar surface area (TPSA) is 72.9 Å². The van der Waals surface area contributed by atoms with Crippen molar-refractivity contribution >= 4 is 5.91 Å². The fraction of sp³-hybridized carbons (Fsp3) is 0.714. The molecule has 1 aromatic rings. The summed E-state index contributed by atoms with van der Waals surface area (Å²) < 4.78 is 2.02. The number of likely N-dealkylation sites (N-methyl/N-ethyl adjacent to an activating group) is 1. The van der Waals surface area contributed by atoms with Gasteiger partial charge in [0.05, 0.1) is 11.2 Å². The summed E-state index contributed by atoms with van der Waals surface area (Å²) in [5, 5.41) is 7.60. The third-order valence-corrected chi connectivity index (χ3v) is 3.51. The minimum Gasteiger partial charge on any atom is -0.368 e. The summed E-state index contributed by atoms with van der Waals surface area (Å²) in [5.74, 6) is -0.277. The van der Waals surface area contributed by atoms with E-state index in [9.17, 15) is 4.79 Å². The van der Waals surface area contributed by atoms with Crippen LogP contribution in [0.25, 0.3) is 0 Å². The van der Waals surface area contributed by atoms with E-state index in [1.807, 2.05) is 25.5 Å². The van der Waals surface area contributed by atoms with Gasteiger partial charge in [-0.05, 0) is 52.6 Å². The van der Waals surface area contributed by atoms with Crippen molar-refractivity contribution in [2.75, 3.05) is 6.54 Å². The highest BCUT2D eigenvalue weighted by Gasteiger charge is 2.28. The number of nitrogens with two attached hydrogens (primary N) is 1. The molecule has 0 fully saturated rings. The summed E-state index contributed by atoms with van der Waals surface area (Å²) in [6.07, 6.45) is 2.70. The van der Waals surface area contributed by atoms with Gasteiger partial charge >= 0.3 is 0 Å². The molecule has 108 valence electrons. The van der Waals surface area contributed by atoms with E-state index in [1.54, 1.807) is 0 Å². The summed E-state index contributed by atoms with van der Waals surface area (Å²) in [4.78, 5) is 11.5. The highest BCUT2D eigenvalue weighted by molar-refractivity contribution is 5.84. The Balaban J connectivity index is 2.41. The van der Waals surface area contributed by atoms with Gasteiger partial charge in [-0.2, -0.15) is 5.10 Å². The number of hydrogen-bond acceptors (Lipinski definition) is 3. The molecule has 1 unspecified atom stereocenters. The number of nitrogens with one attached hydrogen (secondary N) is 1. The van der Waals surface area contributed by atoms with Crippen molar-refractivity contribution in [3.63, 3.8) is 0 Å². The Morgan fingerprint density at radius 2 is 2.16 bits per heavy atom. The van der Waals surface area contributed by atoms with Crippen LogP contribution in [-0.2, 0) is 11.3 Å². The van der Waals surface area contributed by atoms with E-state index >= 15 is 0 Å². The predicted octanol–water partition coefficient (Wildman–Crippen LogP) is 1.52. The van der Waals surface area contributed by atoms with Crippen molar-refractivity contribution < 1.29 is 4.79 Å². The van der Waals surface area contributed by atoms with Crippen LogP contribution < -0.4 is 11.1 Å². The van der Waals surface area contributed by atoms with Crippen LogP contribution in [0.5, 0.6) is 0 Å². The van der Waals surface area contributed by atoms with Gasteiger partial charge in [-0.1, -0.05) is 6.92 Å². The normalized spacial score (nSPS) is 14.3. The third-order valence-electron chi connectivity index (χ3n) is 3.51. The van der Waals surface area contributed by atoms with Crippen molar-refractivity contribution in [3.8, 4) is 0 Å². The van der Waals surface area contributed by atoms with E-state index in [-0.39, 0.29) is 5.91 Å². The zero-order valence-corrected chi connectivity index (χ0v) is 12.5. The lowest BCUT2D eigenvalue weighted by molar-refractivity contribution is -0.124. The lowest BCUT2D eigenvalue weighted by Crippen LogP contribution is -2.52. The molecule has 0 spiro atoms. The maximum absolute atomic E-state index is 11.5. The first-order valence-electron chi connectivity index (χ1n) is 6.95. The second-order valence-electron chi connectivity index (χ2n) is 5.33. The zero-order valence-electron chi connectivity index (χ0n) is 12.5. The van der Waals surface area contributed by atoms with Crippen molar-refractivity contribution in [2.24, 2.45) is 5.73 Å². The molecule has 1 rings (SSSR count). The summed E-state index contributed by atoms with van der Waals surface area (Å²) >= 11 is 0. The number of amides is 1. The van der Waals surface area contributed by atoms with Crippen LogP contribution in [-0.4, -0.2) is 27.8 Å². The number of aromatic nitrogens is 2. The van der Waals surface area contributed by atoms with Gasteiger partial charge in [0.2, 0.25) is 5.91 Å². The standard InChI is InChI=1S/C14H26N4O/c1-5-16-14(4,13(15)19)8-6-7-9-18-12(3)10-11(2)17-18/h10,16H,5-9H2,1-4H3,(H2,15,19). The van der Waals surface area contributed by atoms with Crippen molar-refractivity contribution in [3.05, 3.63) is 17.5 Å². The predicted molar refractivity (Wildman–Crippen MR) is 76.8 cm³/mol. The molecule has 5 nitrogen and oxygen atoms in total. The van der Waals surface area contributed by atoms with Gasteiger partial charge in [0.1, 0.15) is 0 Å². The lowest BCUT2D eigenvalue weighted by atomic mass is 9.94. The second kappa shape index (κ2) is 6.70. The average Bonchev–Trinajstić information content (AvgIpc) is 2.63. The molecule has 1 aromatic heterocycles. The first-order valence-corrected chi connectivity index (χ1v) is 6.95. The Morgan fingerprint density at radius 3 is 2.63 bits per heavy atom. The van der Waals surface area contributed by atoms with Gasteiger partial charge in [-0.3, -0.25) is 9.48 Å². The van der Waals surface area contributed by atoms with Gasteiger partial charge in [0.25, 0.3) is 0 Å². The molecule has 1 amide bonds. The van der Waals surface area contributed by atoms with E-state index in [0.717, 1.165) is 38.0 Å². The number of rotatable bonds is 8. The fourth-order valence-electron chi connectivity index (χ4n) is 2.33. The molecule has 0 saturated carbocycles. The van der Waals surface area contributed by atoms with Gasteiger partial charge in [-0.15, -0.1) is 0 Å². The molecule has 0 aromatic carbocycles. The van der Waals surface area contributed by atoms with E-state index < -0.39 is 5.54 Å². The number of hydrogen-bond donors (Lipinski definition) is 2. The smallest absolute Gasteiger partial charge is 0.237 e. The minimum absolute atomic E-state index is 0.277. The van der Waals surface area contributed by atoms with Crippen molar-refractivity contribution in [2.45, 2.75) is 59.0 Å². The Kier molecular flexibility index (Phi) is 5.54. The monoisotopic (exact) mass is 266 g/mol. The van der Waals surface area contributed by atoms with Gasteiger partial charge in [0, 0.05) is 12.2 Å². The van der Waals surface area contributed by atoms with Crippen LogP contribution in [0.2, 0.25) is 0 Å². The molecule has 3 N–H and O–H groups in total. The fourth-order valence-corrected chi connectivity index (χ4v) is 2.33. The van der Waals surface area contributed by atoms with Crippen molar-refractivity contribution in [1.29, 1.82) is 0 Å². The van der Waals surface area contributed by atoms with Crippen LogP contribution in [0, 0.1) is 13.8 Å². The van der Waals surface area contributed by atoms with Crippen LogP contribution in [0.1, 0.15) is 44.5 Å². The van der Waals surface area contributed by atoms with Gasteiger partial charge in [-0.25, -0.2) is 0 Å². The summed E-state index contributed by atoms with van der Waals surface area (Å²) in [6.45, 7) is 9.56. The van der Waals surface area contributed by atoms with E-state index in [0.29, 0.717) is 0 Å². The zero-order chi connectivity index (χ0) is 14.5. The van der Waals surface area contributed by atoms with Crippen LogP contribution in [0.4, 0.5) is 0 Å². The summed E-state index contributed by atoms with van der Waals surface area (Å²) in [7, 11) is 0. The Morgan fingerprint density at radius 1 is 1.47 bits per heavy atom. The van der Waals surface area contributed by atoms with E-state index in [1.165, 1.54) is 5.69 Å². The SMILES string of the molecule is CCNC(C)(CCCCn1nc(C)cc1C)C(N)=O. The van der Waals surface area contributed by atoms with Gasteiger partial charge < -0.3 is 11.1 Å². The molecule has 0 aliphatic heterocycles. The first kappa shape index (κ1) is 15.7. The number of nitrogens with zero attached hydrogens (tertiary/aromatic N) is 2. The van der Waals surface area contributed by atoms with Crippen molar-refractivity contribution in [1.82, 2.24) is 15.1 Å². The maximum Gasteiger partial charge on any atom is 0.237 e. The number of carbonyl (C=O) groups excluding carboxylic acids is 1. The van der Waals surface area contributed by atoms with E-state index in [2.05, 4.69) is 23.4 Å². The Hall–Kier alpha value is -1.36. The second-order valence-corrected chi connectivity index (χ2v) is 5.33. The number of unbranched alkanes of at least 4 members (excludes halogenated alkanes) is 1. The molecular formula is C14H26N4O. The molecule has 0 saturated heterocycles. The lowest BCUT2D eigenvalue weighted by Gasteiger charge is -2.26.